The molecule has 10 heteroatoms. The highest BCUT2D eigenvalue weighted by Crippen LogP contribution is 2.51. The van der Waals surface area contributed by atoms with E-state index in [0.29, 0.717) is 18.0 Å². The Morgan fingerprint density at radius 1 is 1.22 bits per heavy atom. The fourth-order valence-corrected chi connectivity index (χ4v) is 6.43. The summed E-state index contributed by atoms with van der Waals surface area (Å²) >= 11 is 0. The molecule has 0 radical (unpaired) electrons. The highest BCUT2D eigenvalue weighted by molar-refractivity contribution is 6.32. The van der Waals surface area contributed by atoms with Crippen LogP contribution in [0.4, 0.5) is 0 Å². The smallest absolute Gasteiger partial charge is 0.235 e. The first-order chi connectivity index (χ1) is 17.4. The lowest BCUT2D eigenvalue weighted by atomic mass is 9.52. The maximum Gasteiger partial charge on any atom is 0.235 e. The number of carbonyl (C=O) groups excluding carboxylic acids is 5. The molecule has 1 aromatic rings. The molecule has 4 rings (SSSR count). The van der Waals surface area contributed by atoms with Crippen molar-refractivity contribution in [1.29, 1.82) is 0 Å². The second kappa shape index (κ2) is 9.74. The number of primary amides is 1. The lowest BCUT2D eigenvalue weighted by molar-refractivity contribution is -0.181. The summed E-state index contributed by atoms with van der Waals surface area (Å²) in [5.74, 6) is -9.82. The minimum atomic E-state index is -2.71. The normalized spacial score (nSPS) is 32.1. The summed E-state index contributed by atoms with van der Waals surface area (Å²) in [6, 6.07) is 2.06. The van der Waals surface area contributed by atoms with Crippen molar-refractivity contribution >= 4 is 29.0 Å². The van der Waals surface area contributed by atoms with Crippen molar-refractivity contribution in [1.82, 2.24) is 10.2 Å². The van der Waals surface area contributed by atoms with E-state index < -0.39 is 64.4 Å². The van der Waals surface area contributed by atoms with Gasteiger partial charge in [0.05, 0.1) is 17.5 Å². The van der Waals surface area contributed by atoms with E-state index in [0.717, 1.165) is 18.5 Å². The molecule has 7 atom stereocenters. The molecule has 0 spiro atoms. The van der Waals surface area contributed by atoms with Crippen molar-refractivity contribution in [3.63, 3.8) is 0 Å². The van der Waals surface area contributed by atoms with Gasteiger partial charge in [0.15, 0.2) is 34.7 Å². The van der Waals surface area contributed by atoms with Gasteiger partial charge in [-0.25, -0.2) is 0 Å². The Hall–Kier alpha value is -2.95. The molecule has 37 heavy (non-hydrogen) atoms. The Balaban J connectivity index is 1.76. The molecule has 0 saturated heterocycles. The standard InChI is InChI=1S/C27H35N3O7/c1-5-12(2)10-29-11-13-6-7-17(31)19-15(13)8-14-9-16-21(30(3)4)23(33)20(26(28)36)25(35)27(16,37)24(34)18(14)22(19)32/h6-7,12,14,16,18,20-21,29,31,37H,5,8-11H2,1-4H3,(H2,28,36)/t12?,14-,16-,18?,20?,21?,27-/m0/s1. The Bertz CT molecular complexity index is 1180. The number of nitrogens with one attached hydrogen (secondary N) is 1. The number of phenols is 1. The molecular weight excluding hydrogens is 478 g/mol. The number of hydrogen-bond donors (Lipinski definition) is 4. The van der Waals surface area contributed by atoms with E-state index in [9.17, 15) is 34.2 Å². The van der Waals surface area contributed by atoms with Crippen LogP contribution >= 0.6 is 0 Å². The van der Waals surface area contributed by atoms with Gasteiger partial charge in [-0.2, -0.15) is 0 Å². The third-order valence-electron chi connectivity index (χ3n) is 8.55. The number of amides is 1. The number of fused-ring (bicyclic) bond motifs is 3. The van der Waals surface area contributed by atoms with E-state index >= 15 is 0 Å². The van der Waals surface area contributed by atoms with Crippen LogP contribution in [0.2, 0.25) is 0 Å². The average Bonchev–Trinajstić information content (AvgIpc) is 2.82. The van der Waals surface area contributed by atoms with Crippen LogP contribution < -0.4 is 11.1 Å². The maximum absolute atomic E-state index is 13.8. The third-order valence-corrected chi connectivity index (χ3v) is 8.55. The minimum Gasteiger partial charge on any atom is -0.507 e. The van der Waals surface area contributed by atoms with E-state index in [1.807, 2.05) is 0 Å². The van der Waals surface area contributed by atoms with Gasteiger partial charge < -0.3 is 21.3 Å². The average molecular weight is 514 g/mol. The van der Waals surface area contributed by atoms with Crippen LogP contribution in [0.1, 0.15) is 48.2 Å². The zero-order valence-corrected chi connectivity index (χ0v) is 21.6. The number of benzene rings is 1. The van der Waals surface area contributed by atoms with Crippen molar-refractivity contribution in [3.05, 3.63) is 28.8 Å². The van der Waals surface area contributed by atoms with E-state index in [-0.39, 0.29) is 24.2 Å². The number of nitrogens with two attached hydrogens (primary N) is 1. The first-order valence-electron chi connectivity index (χ1n) is 12.7. The summed E-state index contributed by atoms with van der Waals surface area (Å²) in [7, 11) is 3.13. The lowest BCUT2D eigenvalue weighted by Gasteiger charge is -2.52. The molecule has 2 fully saturated rings. The Kier molecular flexibility index (Phi) is 7.13. The van der Waals surface area contributed by atoms with Crippen molar-refractivity contribution in [3.8, 4) is 5.75 Å². The van der Waals surface area contributed by atoms with Gasteiger partial charge in [-0.3, -0.25) is 28.9 Å². The predicted octanol–water partition coefficient (Wildman–Crippen LogP) is 0.00270. The number of aliphatic hydroxyl groups is 1. The molecule has 0 heterocycles. The number of carbonyl (C=O) groups is 5. The minimum absolute atomic E-state index is 0.0226. The number of phenolic OH excluding ortho intramolecular Hbond substituents is 1. The SMILES string of the molecule is CCC(C)CNCc1ccc(O)c2c1C[C@H]1C[C@H]3C(N(C)C)C(=O)C(C(N)=O)C(=O)[C@@]3(O)C(=O)C1C2=O. The largest absolute Gasteiger partial charge is 0.507 e. The monoisotopic (exact) mass is 513 g/mol. The van der Waals surface area contributed by atoms with Crippen LogP contribution in [-0.4, -0.2) is 76.4 Å². The summed E-state index contributed by atoms with van der Waals surface area (Å²) in [5.41, 5.74) is 4.11. The van der Waals surface area contributed by atoms with Crippen molar-refractivity contribution in [2.24, 2.45) is 35.3 Å². The summed E-state index contributed by atoms with van der Waals surface area (Å²) in [6.45, 7) is 5.47. The van der Waals surface area contributed by atoms with Crippen LogP contribution in [0.3, 0.4) is 0 Å². The zero-order chi connectivity index (χ0) is 27.4. The molecule has 0 aromatic heterocycles. The van der Waals surface area contributed by atoms with Gasteiger partial charge in [0.25, 0.3) is 0 Å². The lowest BCUT2D eigenvalue weighted by Crippen LogP contribution is -2.74. The van der Waals surface area contributed by atoms with E-state index in [1.54, 1.807) is 20.2 Å². The quantitative estimate of drug-likeness (QED) is 0.367. The van der Waals surface area contributed by atoms with Gasteiger partial charge in [0.1, 0.15) is 5.75 Å². The Morgan fingerprint density at radius 3 is 2.49 bits per heavy atom. The van der Waals surface area contributed by atoms with Crippen LogP contribution in [0.25, 0.3) is 0 Å². The predicted molar refractivity (Wildman–Crippen MR) is 133 cm³/mol. The van der Waals surface area contributed by atoms with Gasteiger partial charge in [-0.15, -0.1) is 0 Å². The number of Topliss-reactive ketones (excluding diaryl/α,β-unsaturated/α-hetero) is 4. The summed E-state index contributed by atoms with van der Waals surface area (Å²) < 4.78 is 0. The number of aromatic hydroxyl groups is 1. The van der Waals surface area contributed by atoms with Crippen LogP contribution in [0.15, 0.2) is 12.1 Å². The first kappa shape index (κ1) is 27.1. The van der Waals surface area contributed by atoms with Crippen molar-refractivity contribution < 1.29 is 34.2 Å². The Labute approximate surface area is 215 Å². The Morgan fingerprint density at radius 2 is 1.89 bits per heavy atom. The highest BCUT2D eigenvalue weighted by atomic mass is 16.3. The second-order valence-corrected chi connectivity index (χ2v) is 11.0. The number of ketones is 4. The van der Waals surface area contributed by atoms with Crippen molar-refractivity contribution in [2.75, 3.05) is 20.6 Å². The van der Waals surface area contributed by atoms with Gasteiger partial charge >= 0.3 is 0 Å². The second-order valence-electron chi connectivity index (χ2n) is 11.0. The summed E-state index contributed by atoms with van der Waals surface area (Å²) in [4.78, 5) is 67.4. The van der Waals surface area contributed by atoms with Crippen LogP contribution in [-0.2, 0) is 32.1 Å². The van der Waals surface area contributed by atoms with Crippen LogP contribution in [0.5, 0.6) is 5.75 Å². The van der Waals surface area contributed by atoms with Gasteiger partial charge in [-0.05, 0) is 62.5 Å². The number of rotatable bonds is 7. The zero-order valence-electron chi connectivity index (χ0n) is 21.6. The molecule has 3 aliphatic carbocycles. The fourth-order valence-electron chi connectivity index (χ4n) is 6.43. The van der Waals surface area contributed by atoms with Crippen molar-refractivity contribution in [2.45, 2.75) is 51.3 Å². The maximum atomic E-state index is 13.8. The molecular formula is C27H35N3O7. The number of nitrogens with zero attached hydrogens (tertiary/aromatic N) is 1. The molecule has 0 aliphatic heterocycles. The van der Waals surface area contributed by atoms with Gasteiger partial charge in [0, 0.05) is 12.5 Å². The molecule has 10 nitrogen and oxygen atoms in total. The van der Waals surface area contributed by atoms with Gasteiger partial charge in [0.2, 0.25) is 5.91 Å². The third kappa shape index (κ3) is 4.11. The molecule has 1 amide bonds. The molecule has 0 bridgehead atoms. The van der Waals surface area contributed by atoms with E-state index in [2.05, 4.69) is 19.2 Å². The molecule has 1 aromatic carbocycles. The molecule has 2 saturated carbocycles. The fraction of sp³-hybridized carbons (Fsp3) is 0.593. The summed E-state index contributed by atoms with van der Waals surface area (Å²) in [6.07, 6.45) is 1.32. The number of likely N-dealkylation sites (N-methyl/N-ethyl adjacent to an activating group) is 1. The molecule has 5 N–H and O–H groups in total. The van der Waals surface area contributed by atoms with E-state index in [4.69, 9.17) is 5.73 Å². The first-order valence-corrected chi connectivity index (χ1v) is 12.7. The van der Waals surface area contributed by atoms with E-state index in [1.165, 1.54) is 11.0 Å². The molecule has 4 unspecified atom stereocenters. The molecule has 200 valence electrons. The number of hydrogen-bond acceptors (Lipinski definition) is 9. The van der Waals surface area contributed by atoms with Crippen LogP contribution in [0, 0.1) is 29.6 Å². The topological polar surface area (TPSA) is 167 Å². The van der Waals surface area contributed by atoms with Gasteiger partial charge in [-0.1, -0.05) is 26.3 Å². The molecule has 3 aliphatic rings. The summed E-state index contributed by atoms with van der Waals surface area (Å²) in [5, 5.41) is 25.6. The highest BCUT2D eigenvalue weighted by Gasteiger charge is 2.69.